The van der Waals surface area contributed by atoms with E-state index in [1.54, 1.807) is 0 Å². The molecule has 2 N–H and O–H groups in total. The SMILES string of the molecule is Cc1cnc(Sc2nnc(C3CC3)n2C2CC2)c(N)c1. The fourth-order valence-corrected chi connectivity index (χ4v) is 3.28. The molecule has 6 heteroatoms. The van der Waals surface area contributed by atoms with E-state index >= 15 is 0 Å². The summed E-state index contributed by atoms with van der Waals surface area (Å²) in [7, 11) is 0. The number of nitrogen functional groups attached to an aromatic ring is 1. The fourth-order valence-electron chi connectivity index (χ4n) is 2.40. The van der Waals surface area contributed by atoms with Gasteiger partial charge in [-0.3, -0.25) is 0 Å². The first kappa shape index (κ1) is 12.2. The van der Waals surface area contributed by atoms with Crippen LogP contribution in [0.4, 0.5) is 5.69 Å². The van der Waals surface area contributed by atoms with Gasteiger partial charge < -0.3 is 10.3 Å². The van der Waals surface area contributed by atoms with Crippen molar-refractivity contribution in [2.45, 2.75) is 54.7 Å². The molecule has 4 rings (SSSR count). The summed E-state index contributed by atoms with van der Waals surface area (Å²) < 4.78 is 2.32. The number of nitrogens with two attached hydrogens (primary N) is 1. The molecule has 2 aliphatic rings. The number of nitrogens with zero attached hydrogens (tertiary/aromatic N) is 4. The molecule has 0 aromatic carbocycles. The van der Waals surface area contributed by atoms with Gasteiger partial charge in [-0.15, -0.1) is 10.2 Å². The third kappa shape index (κ3) is 2.18. The number of hydrogen-bond acceptors (Lipinski definition) is 5. The summed E-state index contributed by atoms with van der Waals surface area (Å²) in [4.78, 5) is 4.42. The topological polar surface area (TPSA) is 69.6 Å². The highest BCUT2D eigenvalue weighted by molar-refractivity contribution is 7.99. The molecule has 0 atom stereocenters. The molecule has 5 nitrogen and oxygen atoms in total. The first-order chi connectivity index (χ1) is 9.72. The zero-order chi connectivity index (χ0) is 13.7. The van der Waals surface area contributed by atoms with Crippen molar-refractivity contribution < 1.29 is 0 Å². The molecule has 2 heterocycles. The third-order valence-corrected chi connectivity index (χ3v) is 4.74. The van der Waals surface area contributed by atoms with Crippen LogP contribution >= 0.6 is 11.8 Å². The van der Waals surface area contributed by atoms with Crippen molar-refractivity contribution in [1.82, 2.24) is 19.7 Å². The number of aryl methyl sites for hydroxylation is 1. The second-order valence-corrected chi connectivity index (χ2v) is 6.68. The van der Waals surface area contributed by atoms with Crippen LogP contribution in [0.5, 0.6) is 0 Å². The second-order valence-electron chi connectivity index (χ2n) is 5.73. The average Bonchev–Trinajstić information content (AvgIpc) is 3.31. The van der Waals surface area contributed by atoms with Crippen LogP contribution < -0.4 is 5.73 Å². The maximum Gasteiger partial charge on any atom is 0.197 e. The van der Waals surface area contributed by atoms with Gasteiger partial charge in [-0.1, -0.05) is 0 Å². The standard InChI is InChI=1S/C14H17N5S/c1-8-6-11(15)13(16-7-8)20-14-18-17-12(9-2-3-9)19(14)10-4-5-10/h6-7,9-10H,2-5,15H2,1H3. The Balaban J connectivity index is 1.68. The van der Waals surface area contributed by atoms with Crippen LogP contribution in [0.15, 0.2) is 22.4 Å². The molecule has 104 valence electrons. The quantitative estimate of drug-likeness (QED) is 0.936. The van der Waals surface area contributed by atoms with Gasteiger partial charge in [0.15, 0.2) is 5.16 Å². The van der Waals surface area contributed by atoms with Gasteiger partial charge in [-0.2, -0.15) is 0 Å². The van der Waals surface area contributed by atoms with Crippen molar-refractivity contribution in [1.29, 1.82) is 0 Å². The summed E-state index contributed by atoms with van der Waals surface area (Å²) >= 11 is 1.54. The van der Waals surface area contributed by atoms with Gasteiger partial charge in [-0.25, -0.2) is 4.98 Å². The van der Waals surface area contributed by atoms with Crippen molar-refractivity contribution in [3.8, 4) is 0 Å². The summed E-state index contributed by atoms with van der Waals surface area (Å²) in [5, 5.41) is 10.6. The second kappa shape index (κ2) is 4.48. The van der Waals surface area contributed by atoms with Crippen molar-refractivity contribution in [2.75, 3.05) is 5.73 Å². The minimum absolute atomic E-state index is 0.592. The van der Waals surface area contributed by atoms with Gasteiger partial charge in [0.1, 0.15) is 10.9 Å². The molecule has 20 heavy (non-hydrogen) atoms. The molecule has 0 spiro atoms. The molecule has 0 bridgehead atoms. The molecule has 2 saturated carbocycles. The van der Waals surface area contributed by atoms with Crippen LogP contribution in [0.25, 0.3) is 0 Å². The Labute approximate surface area is 122 Å². The Kier molecular flexibility index (Phi) is 2.73. The van der Waals surface area contributed by atoms with Crippen LogP contribution in [-0.4, -0.2) is 19.7 Å². The lowest BCUT2D eigenvalue weighted by Gasteiger charge is -2.09. The molecular formula is C14H17N5S. The van der Waals surface area contributed by atoms with Crippen molar-refractivity contribution in [3.63, 3.8) is 0 Å². The monoisotopic (exact) mass is 287 g/mol. The zero-order valence-electron chi connectivity index (χ0n) is 11.4. The molecular weight excluding hydrogens is 270 g/mol. The minimum Gasteiger partial charge on any atom is -0.397 e. The van der Waals surface area contributed by atoms with E-state index < -0.39 is 0 Å². The van der Waals surface area contributed by atoms with Crippen molar-refractivity contribution in [3.05, 3.63) is 23.7 Å². The lowest BCUT2D eigenvalue weighted by atomic mass is 10.3. The maximum atomic E-state index is 6.05. The number of rotatable bonds is 4. The highest BCUT2D eigenvalue weighted by atomic mass is 32.2. The van der Waals surface area contributed by atoms with Crippen LogP contribution in [0, 0.1) is 6.92 Å². The summed E-state index contributed by atoms with van der Waals surface area (Å²) in [5.74, 6) is 1.79. The van der Waals surface area contributed by atoms with Crippen LogP contribution in [-0.2, 0) is 0 Å². The summed E-state index contributed by atoms with van der Waals surface area (Å²) in [6.45, 7) is 2.00. The zero-order valence-corrected chi connectivity index (χ0v) is 12.2. The summed E-state index contributed by atoms with van der Waals surface area (Å²) in [5.41, 5.74) is 7.84. The molecule has 2 aromatic rings. The Morgan fingerprint density at radius 2 is 2.05 bits per heavy atom. The predicted molar refractivity (Wildman–Crippen MR) is 77.8 cm³/mol. The molecule has 2 aliphatic carbocycles. The van der Waals surface area contributed by atoms with Crippen LogP contribution in [0.1, 0.15) is 49.0 Å². The first-order valence-corrected chi connectivity index (χ1v) is 7.89. The number of hydrogen-bond donors (Lipinski definition) is 1. The van der Waals surface area contributed by atoms with E-state index in [1.807, 2.05) is 19.2 Å². The van der Waals surface area contributed by atoms with Gasteiger partial charge >= 0.3 is 0 Å². The number of aromatic nitrogens is 4. The van der Waals surface area contributed by atoms with E-state index in [0.29, 0.717) is 17.6 Å². The average molecular weight is 287 g/mol. The van der Waals surface area contributed by atoms with Gasteiger partial charge in [0, 0.05) is 18.2 Å². The highest BCUT2D eigenvalue weighted by Crippen LogP contribution is 2.46. The minimum atomic E-state index is 0.592. The molecule has 0 unspecified atom stereocenters. The van der Waals surface area contributed by atoms with Gasteiger partial charge in [0.05, 0.1) is 5.69 Å². The normalized spacial score (nSPS) is 18.4. The van der Waals surface area contributed by atoms with E-state index in [9.17, 15) is 0 Å². The summed E-state index contributed by atoms with van der Waals surface area (Å²) in [6.07, 6.45) is 6.82. The van der Waals surface area contributed by atoms with E-state index in [1.165, 1.54) is 43.3 Å². The van der Waals surface area contributed by atoms with E-state index in [2.05, 4.69) is 19.7 Å². The molecule has 0 aliphatic heterocycles. The highest BCUT2D eigenvalue weighted by Gasteiger charge is 2.36. The largest absolute Gasteiger partial charge is 0.397 e. The summed E-state index contributed by atoms with van der Waals surface area (Å²) in [6, 6.07) is 2.55. The van der Waals surface area contributed by atoms with Crippen molar-refractivity contribution in [2.24, 2.45) is 0 Å². The smallest absolute Gasteiger partial charge is 0.197 e. The lowest BCUT2D eigenvalue weighted by Crippen LogP contribution is -2.02. The van der Waals surface area contributed by atoms with E-state index in [0.717, 1.165) is 15.7 Å². The molecule has 2 fully saturated rings. The first-order valence-electron chi connectivity index (χ1n) is 7.07. The third-order valence-electron chi connectivity index (χ3n) is 3.75. The fraction of sp³-hybridized carbons (Fsp3) is 0.500. The Morgan fingerprint density at radius 1 is 1.25 bits per heavy atom. The Hall–Kier alpha value is -1.56. The van der Waals surface area contributed by atoms with E-state index in [4.69, 9.17) is 5.73 Å². The Bertz CT molecular complexity index is 658. The Morgan fingerprint density at radius 3 is 2.70 bits per heavy atom. The number of pyridine rings is 1. The van der Waals surface area contributed by atoms with Crippen LogP contribution in [0.3, 0.4) is 0 Å². The lowest BCUT2D eigenvalue weighted by molar-refractivity contribution is 0.626. The number of anilines is 1. The molecule has 2 aromatic heterocycles. The van der Waals surface area contributed by atoms with Crippen LogP contribution in [0.2, 0.25) is 0 Å². The van der Waals surface area contributed by atoms with Crippen molar-refractivity contribution >= 4 is 17.4 Å². The molecule has 0 amide bonds. The molecule has 0 radical (unpaired) electrons. The van der Waals surface area contributed by atoms with Gasteiger partial charge in [-0.05, 0) is 56.0 Å². The van der Waals surface area contributed by atoms with E-state index in [-0.39, 0.29) is 0 Å². The maximum absolute atomic E-state index is 6.05. The van der Waals surface area contributed by atoms with Gasteiger partial charge in [0.25, 0.3) is 0 Å². The predicted octanol–water partition coefficient (Wildman–Crippen LogP) is 2.93. The van der Waals surface area contributed by atoms with Gasteiger partial charge in [0.2, 0.25) is 0 Å². The molecule has 0 saturated heterocycles.